The number of benzene rings is 1. The molecule has 1 heterocycles. The molecule has 0 saturated carbocycles. The molecule has 130 valence electrons. The van der Waals surface area contributed by atoms with Gasteiger partial charge in [0.25, 0.3) is 0 Å². The van der Waals surface area contributed by atoms with Crippen molar-refractivity contribution in [2.24, 2.45) is 4.99 Å². The SMILES string of the molecule is CCOc1ccc(NC(=O)C[C@H]2SC(=N[C@@H](C)CC)NC2=O)cc1. The molecule has 24 heavy (non-hydrogen) atoms. The standard InChI is InChI=1S/C17H23N3O3S/c1-4-11(3)18-17-20-16(22)14(24-17)10-15(21)19-12-6-8-13(9-7-12)23-5-2/h6-9,11,14H,4-5,10H2,1-3H3,(H,19,21)(H,18,20,22)/t11-,14+/m0/s1. The number of hydrogen-bond donors (Lipinski definition) is 2. The molecule has 0 aliphatic carbocycles. The average molecular weight is 349 g/mol. The quantitative estimate of drug-likeness (QED) is 0.793. The molecule has 0 bridgehead atoms. The Morgan fingerprint density at radius 3 is 2.71 bits per heavy atom. The van der Waals surface area contributed by atoms with Crippen LogP contribution < -0.4 is 15.4 Å². The van der Waals surface area contributed by atoms with E-state index < -0.39 is 5.25 Å². The first-order chi connectivity index (χ1) is 11.5. The second-order valence-electron chi connectivity index (χ2n) is 5.50. The summed E-state index contributed by atoms with van der Waals surface area (Å²) in [6, 6.07) is 7.31. The van der Waals surface area contributed by atoms with Crippen LogP contribution in [0.2, 0.25) is 0 Å². The molecule has 2 amide bonds. The lowest BCUT2D eigenvalue weighted by molar-refractivity contribution is -0.122. The highest BCUT2D eigenvalue weighted by atomic mass is 32.2. The van der Waals surface area contributed by atoms with Gasteiger partial charge in [0.1, 0.15) is 11.0 Å². The normalized spacial score (nSPS) is 19.9. The number of amidine groups is 1. The Morgan fingerprint density at radius 2 is 2.08 bits per heavy atom. The Kier molecular flexibility index (Phi) is 6.66. The monoisotopic (exact) mass is 349 g/mol. The minimum absolute atomic E-state index is 0.114. The summed E-state index contributed by atoms with van der Waals surface area (Å²) in [7, 11) is 0. The summed E-state index contributed by atoms with van der Waals surface area (Å²) >= 11 is 1.32. The smallest absolute Gasteiger partial charge is 0.240 e. The average Bonchev–Trinajstić information content (AvgIpc) is 2.88. The molecule has 0 radical (unpaired) electrons. The van der Waals surface area contributed by atoms with Crippen LogP contribution in [-0.2, 0) is 9.59 Å². The number of nitrogens with one attached hydrogen (secondary N) is 2. The molecule has 1 aliphatic rings. The van der Waals surface area contributed by atoms with E-state index in [0.717, 1.165) is 12.2 Å². The van der Waals surface area contributed by atoms with Crippen molar-refractivity contribution >= 4 is 34.4 Å². The zero-order valence-electron chi connectivity index (χ0n) is 14.2. The van der Waals surface area contributed by atoms with Gasteiger partial charge in [-0.05, 0) is 44.5 Å². The van der Waals surface area contributed by atoms with E-state index in [9.17, 15) is 9.59 Å². The van der Waals surface area contributed by atoms with Gasteiger partial charge in [0.2, 0.25) is 11.8 Å². The lowest BCUT2D eigenvalue weighted by Crippen LogP contribution is -2.28. The number of amides is 2. The van der Waals surface area contributed by atoms with Crippen LogP contribution in [0.15, 0.2) is 29.3 Å². The van der Waals surface area contributed by atoms with E-state index in [1.807, 2.05) is 20.8 Å². The van der Waals surface area contributed by atoms with Crippen molar-refractivity contribution in [3.8, 4) is 5.75 Å². The van der Waals surface area contributed by atoms with Crippen LogP contribution in [0.25, 0.3) is 0 Å². The van der Waals surface area contributed by atoms with Gasteiger partial charge in [-0.25, -0.2) is 0 Å². The number of hydrogen-bond acceptors (Lipinski definition) is 5. The van der Waals surface area contributed by atoms with Crippen molar-refractivity contribution in [3.63, 3.8) is 0 Å². The highest BCUT2D eigenvalue weighted by molar-refractivity contribution is 8.15. The molecule has 0 unspecified atom stereocenters. The molecule has 6 nitrogen and oxygen atoms in total. The third-order valence-corrected chi connectivity index (χ3v) is 4.62. The van der Waals surface area contributed by atoms with Crippen LogP contribution in [0.3, 0.4) is 0 Å². The second kappa shape index (κ2) is 8.73. The van der Waals surface area contributed by atoms with Crippen LogP contribution in [0.1, 0.15) is 33.6 Å². The Hall–Kier alpha value is -2.02. The Balaban J connectivity index is 1.88. The third-order valence-electron chi connectivity index (χ3n) is 3.52. The van der Waals surface area contributed by atoms with Crippen molar-refractivity contribution in [1.29, 1.82) is 0 Å². The van der Waals surface area contributed by atoms with Gasteiger partial charge < -0.3 is 15.4 Å². The summed E-state index contributed by atoms with van der Waals surface area (Å²) in [6.45, 7) is 6.54. The number of ether oxygens (including phenoxy) is 1. The lowest BCUT2D eigenvalue weighted by Gasteiger charge is -2.08. The van der Waals surface area contributed by atoms with Crippen LogP contribution in [0, 0.1) is 0 Å². The topological polar surface area (TPSA) is 79.8 Å². The van der Waals surface area contributed by atoms with Crippen molar-refractivity contribution in [2.45, 2.75) is 44.9 Å². The molecular weight excluding hydrogens is 326 g/mol. The van der Waals surface area contributed by atoms with Crippen LogP contribution in [-0.4, -0.2) is 34.9 Å². The molecule has 1 aliphatic heterocycles. The summed E-state index contributed by atoms with van der Waals surface area (Å²) in [5.41, 5.74) is 0.681. The maximum atomic E-state index is 12.1. The predicted molar refractivity (Wildman–Crippen MR) is 97.6 cm³/mol. The van der Waals surface area contributed by atoms with E-state index >= 15 is 0 Å². The van der Waals surface area contributed by atoms with Gasteiger partial charge in [0.15, 0.2) is 5.17 Å². The van der Waals surface area contributed by atoms with E-state index in [-0.39, 0.29) is 24.3 Å². The number of nitrogens with zero attached hydrogens (tertiary/aromatic N) is 1. The first-order valence-corrected chi connectivity index (χ1v) is 8.97. The summed E-state index contributed by atoms with van der Waals surface area (Å²) in [5, 5.41) is 5.71. The van der Waals surface area contributed by atoms with Crippen LogP contribution in [0.5, 0.6) is 5.75 Å². The number of thioether (sulfide) groups is 1. The first kappa shape index (κ1) is 18.3. The second-order valence-corrected chi connectivity index (χ2v) is 6.69. The van der Waals surface area contributed by atoms with Crippen LogP contribution >= 0.6 is 11.8 Å². The highest BCUT2D eigenvalue weighted by Crippen LogP contribution is 2.24. The zero-order chi connectivity index (χ0) is 17.5. The van der Waals surface area contributed by atoms with Gasteiger partial charge in [-0.2, -0.15) is 0 Å². The predicted octanol–water partition coefficient (Wildman–Crippen LogP) is 2.80. The van der Waals surface area contributed by atoms with Gasteiger partial charge in [0, 0.05) is 18.2 Å². The van der Waals surface area contributed by atoms with Gasteiger partial charge in [0.05, 0.1) is 6.61 Å². The first-order valence-electron chi connectivity index (χ1n) is 8.09. The van der Waals surface area contributed by atoms with Gasteiger partial charge in [-0.15, -0.1) is 0 Å². The van der Waals surface area contributed by atoms with E-state index in [0.29, 0.717) is 17.5 Å². The molecule has 1 aromatic carbocycles. The molecular formula is C17H23N3O3S. The zero-order valence-corrected chi connectivity index (χ0v) is 15.0. The summed E-state index contributed by atoms with van der Waals surface area (Å²) in [4.78, 5) is 28.5. The Labute approximate surface area is 146 Å². The molecule has 1 fully saturated rings. The van der Waals surface area contributed by atoms with E-state index in [2.05, 4.69) is 15.6 Å². The largest absolute Gasteiger partial charge is 0.494 e. The molecule has 2 atom stereocenters. The van der Waals surface area contributed by atoms with E-state index in [1.54, 1.807) is 24.3 Å². The lowest BCUT2D eigenvalue weighted by atomic mass is 10.2. The van der Waals surface area contributed by atoms with Gasteiger partial charge in [-0.3, -0.25) is 14.6 Å². The maximum Gasteiger partial charge on any atom is 0.240 e. The minimum atomic E-state index is -0.435. The maximum absolute atomic E-state index is 12.1. The minimum Gasteiger partial charge on any atom is -0.494 e. The van der Waals surface area contributed by atoms with E-state index in [1.165, 1.54) is 11.8 Å². The number of rotatable bonds is 7. The molecule has 2 rings (SSSR count). The Bertz CT molecular complexity index is 616. The number of anilines is 1. The van der Waals surface area contributed by atoms with Gasteiger partial charge >= 0.3 is 0 Å². The number of carbonyl (C=O) groups is 2. The van der Waals surface area contributed by atoms with Crippen molar-refractivity contribution < 1.29 is 14.3 Å². The molecule has 1 saturated heterocycles. The molecule has 2 N–H and O–H groups in total. The highest BCUT2D eigenvalue weighted by Gasteiger charge is 2.32. The fourth-order valence-corrected chi connectivity index (χ4v) is 3.14. The summed E-state index contributed by atoms with van der Waals surface area (Å²) < 4.78 is 5.36. The van der Waals surface area contributed by atoms with Crippen molar-refractivity contribution in [3.05, 3.63) is 24.3 Å². The third kappa shape index (κ3) is 5.26. The molecule has 0 spiro atoms. The van der Waals surface area contributed by atoms with Crippen molar-refractivity contribution in [2.75, 3.05) is 11.9 Å². The van der Waals surface area contributed by atoms with E-state index in [4.69, 9.17) is 4.74 Å². The fraction of sp³-hybridized carbons (Fsp3) is 0.471. The summed E-state index contributed by atoms with van der Waals surface area (Å²) in [5.74, 6) is 0.396. The number of carbonyl (C=O) groups excluding carboxylic acids is 2. The van der Waals surface area contributed by atoms with Gasteiger partial charge in [-0.1, -0.05) is 18.7 Å². The molecule has 1 aromatic rings. The Morgan fingerprint density at radius 1 is 1.38 bits per heavy atom. The van der Waals surface area contributed by atoms with Crippen molar-refractivity contribution in [1.82, 2.24) is 5.32 Å². The molecule has 7 heteroatoms. The summed E-state index contributed by atoms with van der Waals surface area (Å²) in [6.07, 6.45) is 1.02. The molecule has 0 aromatic heterocycles. The van der Waals surface area contributed by atoms with Crippen LogP contribution in [0.4, 0.5) is 5.69 Å². The number of aliphatic imine (C=N–C) groups is 1. The fourth-order valence-electron chi connectivity index (χ4n) is 2.07.